The van der Waals surface area contributed by atoms with E-state index in [1.807, 2.05) is 54.6 Å². The maximum absolute atomic E-state index is 13.0. The van der Waals surface area contributed by atoms with E-state index in [9.17, 15) is 14.9 Å². The van der Waals surface area contributed by atoms with Crippen molar-refractivity contribution in [2.45, 2.75) is 0 Å². The Balaban J connectivity index is 1.40. The van der Waals surface area contributed by atoms with Crippen LogP contribution in [0.5, 0.6) is 0 Å². The highest BCUT2D eigenvalue weighted by Crippen LogP contribution is 2.28. The molecule has 0 atom stereocenters. The van der Waals surface area contributed by atoms with Gasteiger partial charge in [-0.25, -0.2) is 10.1 Å². The van der Waals surface area contributed by atoms with E-state index in [1.165, 1.54) is 30.5 Å². The minimum atomic E-state index is -0.674. The molecule has 0 saturated carbocycles. The fourth-order valence-corrected chi connectivity index (χ4v) is 3.53. The van der Waals surface area contributed by atoms with Crippen LogP contribution in [-0.4, -0.2) is 42.4 Å². The van der Waals surface area contributed by atoms with Gasteiger partial charge in [-0.1, -0.05) is 59.8 Å². The summed E-state index contributed by atoms with van der Waals surface area (Å²) >= 11 is 0. The molecular formula is C24H17N9O4. The number of carbonyl (C=O) groups is 1. The molecule has 5 rings (SSSR count). The summed E-state index contributed by atoms with van der Waals surface area (Å²) in [7, 11) is 0. The lowest BCUT2D eigenvalue weighted by molar-refractivity contribution is -0.384. The second-order valence-electron chi connectivity index (χ2n) is 7.66. The van der Waals surface area contributed by atoms with E-state index in [2.05, 4.69) is 35.8 Å². The summed E-state index contributed by atoms with van der Waals surface area (Å²) in [5.74, 6) is -0.759. The van der Waals surface area contributed by atoms with Gasteiger partial charge in [0.25, 0.3) is 11.6 Å². The number of nitrogens with zero attached hydrogens (tertiary/aromatic N) is 7. The largest absolute Gasteiger partial charge is 0.378 e. The summed E-state index contributed by atoms with van der Waals surface area (Å²) in [6, 6.07) is 23.0. The lowest BCUT2D eigenvalue weighted by atomic mass is 10.0. The van der Waals surface area contributed by atoms with Crippen molar-refractivity contribution in [1.82, 2.24) is 30.7 Å². The quantitative estimate of drug-likeness (QED) is 0.195. The summed E-state index contributed by atoms with van der Waals surface area (Å²) in [6.45, 7) is 0. The highest BCUT2D eigenvalue weighted by Gasteiger charge is 2.25. The number of hydrogen-bond acceptors (Lipinski definition) is 10. The van der Waals surface area contributed by atoms with E-state index in [0.29, 0.717) is 5.56 Å². The second-order valence-corrected chi connectivity index (χ2v) is 7.66. The number of nitro benzene ring substituents is 1. The van der Waals surface area contributed by atoms with Crippen LogP contribution in [0.4, 0.5) is 11.5 Å². The van der Waals surface area contributed by atoms with Crippen molar-refractivity contribution in [3.8, 4) is 28.2 Å². The van der Waals surface area contributed by atoms with E-state index in [4.69, 9.17) is 5.73 Å². The van der Waals surface area contributed by atoms with Crippen molar-refractivity contribution < 1.29 is 14.3 Å². The molecule has 13 heteroatoms. The maximum atomic E-state index is 13.0. The van der Waals surface area contributed by atoms with Gasteiger partial charge in [0.1, 0.15) is 5.69 Å². The average Bonchev–Trinajstić information content (AvgIpc) is 3.55. The van der Waals surface area contributed by atoms with Gasteiger partial charge in [0.15, 0.2) is 5.69 Å². The number of anilines is 1. The monoisotopic (exact) mass is 495 g/mol. The van der Waals surface area contributed by atoms with Gasteiger partial charge < -0.3 is 5.73 Å². The Bertz CT molecular complexity index is 1590. The first-order valence-electron chi connectivity index (χ1n) is 10.8. The number of hydrazone groups is 1. The van der Waals surface area contributed by atoms with E-state index in [1.54, 1.807) is 0 Å². The zero-order valence-electron chi connectivity index (χ0n) is 18.9. The van der Waals surface area contributed by atoms with Gasteiger partial charge in [0.05, 0.1) is 11.1 Å². The maximum Gasteiger partial charge on any atom is 0.294 e. The molecule has 0 aliphatic heterocycles. The summed E-state index contributed by atoms with van der Waals surface area (Å²) in [5.41, 5.74) is 11.4. The van der Waals surface area contributed by atoms with Crippen LogP contribution in [0.25, 0.3) is 28.2 Å². The highest BCUT2D eigenvalue weighted by molar-refractivity contribution is 5.99. The SMILES string of the molecule is Nc1nonc1-n1nnc(C(=O)NN=Cc2ccc(-c3ccccc3)cc2)c1-c1ccc([N+](=O)[O-])cc1. The van der Waals surface area contributed by atoms with Crippen LogP contribution in [0.1, 0.15) is 16.1 Å². The number of aromatic nitrogens is 5. The Labute approximate surface area is 208 Å². The number of nitro groups is 1. The molecule has 0 radical (unpaired) electrons. The van der Waals surface area contributed by atoms with Crippen LogP contribution in [0.2, 0.25) is 0 Å². The molecule has 0 bridgehead atoms. The summed E-state index contributed by atoms with van der Waals surface area (Å²) in [5, 5.41) is 30.2. The molecule has 3 N–H and O–H groups in total. The van der Waals surface area contributed by atoms with Crippen molar-refractivity contribution in [2.24, 2.45) is 5.10 Å². The Kier molecular flexibility index (Phi) is 6.15. The normalized spacial score (nSPS) is 11.0. The van der Waals surface area contributed by atoms with E-state index < -0.39 is 10.8 Å². The molecule has 182 valence electrons. The number of nitrogens with two attached hydrogens (primary N) is 1. The molecule has 0 aliphatic carbocycles. The second kappa shape index (κ2) is 9.87. The first kappa shape index (κ1) is 23.0. The van der Waals surface area contributed by atoms with Crippen molar-refractivity contribution >= 4 is 23.6 Å². The topological polar surface area (TPSA) is 180 Å². The van der Waals surface area contributed by atoms with Crippen molar-refractivity contribution in [2.75, 3.05) is 5.73 Å². The van der Waals surface area contributed by atoms with Crippen LogP contribution in [0.15, 0.2) is 88.6 Å². The lowest BCUT2D eigenvalue weighted by Gasteiger charge is -2.05. The van der Waals surface area contributed by atoms with Crippen LogP contribution in [0, 0.1) is 10.1 Å². The van der Waals surface area contributed by atoms with Gasteiger partial charge in [0.2, 0.25) is 11.6 Å². The van der Waals surface area contributed by atoms with Gasteiger partial charge in [0, 0.05) is 17.7 Å². The van der Waals surface area contributed by atoms with Crippen LogP contribution in [-0.2, 0) is 0 Å². The predicted octanol–water partition coefficient (Wildman–Crippen LogP) is 3.24. The number of benzene rings is 3. The molecular weight excluding hydrogens is 478 g/mol. The zero-order valence-corrected chi connectivity index (χ0v) is 18.9. The minimum absolute atomic E-state index is 0.00177. The molecule has 0 saturated heterocycles. The number of rotatable bonds is 7. The smallest absolute Gasteiger partial charge is 0.294 e. The number of amides is 1. The molecule has 37 heavy (non-hydrogen) atoms. The van der Waals surface area contributed by atoms with Crippen LogP contribution < -0.4 is 11.2 Å². The molecule has 0 spiro atoms. The molecule has 2 aromatic heterocycles. The van der Waals surface area contributed by atoms with Gasteiger partial charge in [-0.2, -0.15) is 9.78 Å². The van der Waals surface area contributed by atoms with E-state index >= 15 is 0 Å². The molecule has 5 aromatic rings. The molecule has 2 heterocycles. The molecule has 13 nitrogen and oxygen atoms in total. The van der Waals surface area contributed by atoms with E-state index in [-0.39, 0.29) is 28.7 Å². The Morgan fingerprint density at radius 1 is 0.973 bits per heavy atom. The summed E-state index contributed by atoms with van der Waals surface area (Å²) < 4.78 is 5.80. The predicted molar refractivity (Wildman–Crippen MR) is 133 cm³/mol. The lowest BCUT2D eigenvalue weighted by Crippen LogP contribution is -2.19. The summed E-state index contributed by atoms with van der Waals surface area (Å²) in [6.07, 6.45) is 1.49. The standard InChI is InChI=1S/C24H17N9O4/c25-22-23(30-37-29-22)32-21(18-10-12-19(13-11-18)33(35)36)20(27-31-32)24(34)28-26-14-15-6-8-17(9-7-15)16-4-2-1-3-5-16/h1-14H,(H2,25,29)(H,28,34). The van der Waals surface area contributed by atoms with Crippen molar-refractivity contribution in [1.29, 1.82) is 0 Å². The van der Waals surface area contributed by atoms with Gasteiger partial charge in [-0.15, -0.1) is 5.10 Å². The number of nitrogen functional groups attached to an aromatic ring is 1. The third kappa shape index (κ3) is 4.77. The molecule has 0 aliphatic rings. The Morgan fingerprint density at radius 3 is 2.30 bits per heavy atom. The van der Waals surface area contributed by atoms with Gasteiger partial charge in [-0.05, 0) is 39.1 Å². The minimum Gasteiger partial charge on any atom is -0.378 e. The van der Waals surface area contributed by atoms with Crippen molar-refractivity contribution in [3.05, 3.63) is 100 Å². The van der Waals surface area contributed by atoms with Crippen LogP contribution >= 0.6 is 0 Å². The molecule has 0 unspecified atom stereocenters. The molecule has 3 aromatic carbocycles. The number of nitrogens with one attached hydrogen (secondary N) is 1. The first-order valence-corrected chi connectivity index (χ1v) is 10.8. The first-order chi connectivity index (χ1) is 18.0. The molecule has 0 fully saturated rings. The van der Waals surface area contributed by atoms with Gasteiger partial charge in [-0.3, -0.25) is 14.9 Å². The van der Waals surface area contributed by atoms with Crippen molar-refractivity contribution in [3.63, 3.8) is 0 Å². The Hall–Kier alpha value is -5.72. The number of hydrogen-bond donors (Lipinski definition) is 2. The third-order valence-corrected chi connectivity index (χ3v) is 5.33. The third-order valence-electron chi connectivity index (χ3n) is 5.33. The molecule has 1 amide bonds. The fourth-order valence-electron chi connectivity index (χ4n) is 3.53. The fraction of sp³-hybridized carbons (Fsp3) is 0. The average molecular weight is 495 g/mol. The number of non-ortho nitro benzene ring substituents is 1. The number of carbonyl (C=O) groups excluding carboxylic acids is 1. The van der Waals surface area contributed by atoms with Crippen LogP contribution in [0.3, 0.4) is 0 Å². The van der Waals surface area contributed by atoms with Gasteiger partial charge >= 0.3 is 0 Å². The highest BCUT2D eigenvalue weighted by atomic mass is 16.6. The zero-order chi connectivity index (χ0) is 25.8. The Morgan fingerprint density at radius 2 is 1.65 bits per heavy atom. The summed E-state index contributed by atoms with van der Waals surface area (Å²) in [4.78, 5) is 23.5. The van der Waals surface area contributed by atoms with E-state index in [0.717, 1.165) is 21.4 Å².